The van der Waals surface area contributed by atoms with E-state index in [0.29, 0.717) is 0 Å². The summed E-state index contributed by atoms with van der Waals surface area (Å²) in [6.45, 7) is 0. The van der Waals surface area contributed by atoms with Crippen LogP contribution in [0.2, 0.25) is 0 Å². The number of carbonyl (C=O) groups is 1. The second-order valence-electron chi connectivity index (χ2n) is 5.79. The molecule has 0 atom stereocenters. The lowest BCUT2D eigenvalue weighted by Crippen LogP contribution is -2.17. The van der Waals surface area contributed by atoms with Crippen LogP contribution in [0.3, 0.4) is 0 Å². The first-order chi connectivity index (χ1) is 13.7. The predicted molar refractivity (Wildman–Crippen MR) is 97.3 cm³/mol. The van der Waals surface area contributed by atoms with Gasteiger partial charge in [-0.25, -0.2) is 5.43 Å². The van der Waals surface area contributed by atoms with Crippen LogP contribution in [-0.2, 0) is 6.18 Å². The lowest BCUT2D eigenvalue weighted by Gasteiger charge is -2.07. The molecule has 1 N–H and O–H groups in total. The third-order valence-electron chi connectivity index (χ3n) is 3.78. The van der Waals surface area contributed by atoms with Crippen molar-refractivity contribution in [2.45, 2.75) is 6.18 Å². The van der Waals surface area contributed by atoms with Crippen molar-refractivity contribution in [1.29, 1.82) is 0 Å². The predicted octanol–water partition coefficient (Wildman–Crippen LogP) is 4.64. The Hall–Kier alpha value is -3.95. The Balaban J connectivity index is 1.69. The minimum absolute atomic E-state index is 0.0421. The molecule has 1 aromatic heterocycles. The fourth-order valence-corrected chi connectivity index (χ4v) is 2.41. The number of benzene rings is 2. The van der Waals surface area contributed by atoms with Crippen LogP contribution in [0.5, 0.6) is 0 Å². The van der Waals surface area contributed by atoms with Gasteiger partial charge in [0, 0.05) is 23.3 Å². The van der Waals surface area contributed by atoms with Gasteiger partial charge >= 0.3 is 6.18 Å². The number of halogens is 3. The zero-order valence-corrected chi connectivity index (χ0v) is 14.5. The molecule has 2 aromatic carbocycles. The van der Waals surface area contributed by atoms with Gasteiger partial charge in [-0.05, 0) is 30.3 Å². The fraction of sp³-hybridized carbons (Fsp3) is 0.0526. The van der Waals surface area contributed by atoms with Crippen LogP contribution in [0.4, 0.5) is 18.9 Å². The first-order valence-corrected chi connectivity index (χ1v) is 8.09. The molecule has 0 aliphatic rings. The Morgan fingerprint density at radius 2 is 1.86 bits per heavy atom. The average Bonchev–Trinajstić information content (AvgIpc) is 3.16. The number of non-ortho nitro benzene ring substituents is 1. The SMILES string of the molecule is O=C(NN=Cc1ccc(-c2cccc(C(F)(F)F)c2)o1)c1cccc([N+](=O)[O-])c1. The van der Waals surface area contributed by atoms with E-state index in [1.807, 2.05) is 0 Å². The van der Waals surface area contributed by atoms with Crippen molar-refractivity contribution >= 4 is 17.8 Å². The Labute approximate surface area is 161 Å². The molecule has 1 amide bonds. The maximum atomic E-state index is 12.8. The summed E-state index contributed by atoms with van der Waals surface area (Å²) in [5, 5.41) is 14.4. The maximum Gasteiger partial charge on any atom is 0.416 e. The van der Waals surface area contributed by atoms with Crippen LogP contribution in [0.1, 0.15) is 21.7 Å². The molecule has 0 aliphatic carbocycles. The Bertz CT molecular complexity index is 1090. The molecule has 0 unspecified atom stereocenters. The minimum atomic E-state index is -4.47. The summed E-state index contributed by atoms with van der Waals surface area (Å²) in [6.07, 6.45) is -3.31. The van der Waals surface area contributed by atoms with E-state index in [2.05, 4.69) is 10.5 Å². The number of amides is 1. The molecule has 0 radical (unpaired) electrons. The lowest BCUT2D eigenvalue weighted by molar-refractivity contribution is -0.384. The fourth-order valence-electron chi connectivity index (χ4n) is 2.41. The molecule has 3 aromatic rings. The molecule has 0 saturated heterocycles. The van der Waals surface area contributed by atoms with Crippen molar-refractivity contribution in [2.24, 2.45) is 5.10 Å². The summed E-state index contributed by atoms with van der Waals surface area (Å²) in [5.41, 5.74) is 1.43. The molecule has 0 fully saturated rings. The van der Waals surface area contributed by atoms with Gasteiger partial charge in [0.1, 0.15) is 11.5 Å². The number of nitro groups is 1. The first-order valence-electron chi connectivity index (χ1n) is 8.09. The summed E-state index contributed by atoms with van der Waals surface area (Å²) in [7, 11) is 0. The molecule has 10 heteroatoms. The number of hydrogen-bond acceptors (Lipinski definition) is 5. The number of carbonyl (C=O) groups excluding carboxylic acids is 1. The van der Waals surface area contributed by atoms with Crippen LogP contribution < -0.4 is 5.43 Å². The van der Waals surface area contributed by atoms with Gasteiger partial charge in [0.25, 0.3) is 11.6 Å². The molecule has 7 nitrogen and oxygen atoms in total. The van der Waals surface area contributed by atoms with Crippen molar-refractivity contribution < 1.29 is 27.3 Å². The van der Waals surface area contributed by atoms with Crippen molar-refractivity contribution in [2.75, 3.05) is 0 Å². The van der Waals surface area contributed by atoms with Gasteiger partial charge in [-0.15, -0.1) is 0 Å². The van der Waals surface area contributed by atoms with Crippen molar-refractivity contribution in [1.82, 2.24) is 5.43 Å². The van der Waals surface area contributed by atoms with E-state index >= 15 is 0 Å². The lowest BCUT2D eigenvalue weighted by atomic mass is 10.1. The highest BCUT2D eigenvalue weighted by atomic mass is 19.4. The molecule has 0 aliphatic heterocycles. The largest absolute Gasteiger partial charge is 0.455 e. The molecule has 0 bridgehead atoms. The smallest absolute Gasteiger partial charge is 0.416 e. The molecular weight excluding hydrogens is 391 g/mol. The number of nitro benzene ring substituents is 1. The van der Waals surface area contributed by atoms with E-state index in [4.69, 9.17) is 4.42 Å². The molecule has 148 valence electrons. The molecule has 0 saturated carbocycles. The van der Waals surface area contributed by atoms with Gasteiger partial charge in [-0.2, -0.15) is 18.3 Å². The number of hydrazone groups is 1. The average molecular weight is 403 g/mol. The van der Waals surface area contributed by atoms with Gasteiger partial charge < -0.3 is 4.42 Å². The third kappa shape index (κ3) is 4.86. The molecule has 0 spiro atoms. The van der Waals surface area contributed by atoms with E-state index in [-0.39, 0.29) is 28.3 Å². The Kier molecular flexibility index (Phi) is 5.44. The van der Waals surface area contributed by atoms with Crippen LogP contribution in [-0.4, -0.2) is 17.0 Å². The number of nitrogens with one attached hydrogen (secondary N) is 1. The molecular formula is C19H12F3N3O4. The molecule has 3 rings (SSSR count). The highest BCUT2D eigenvalue weighted by Crippen LogP contribution is 2.32. The maximum absolute atomic E-state index is 12.8. The van der Waals surface area contributed by atoms with Crippen molar-refractivity contribution in [3.63, 3.8) is 0 Å². The topological polar surface area (TPSA) is 97.7 Å². The van der Waals surface area contributed by atoms with Gasteiger partial charge in [0.2, 0.25) is 0 Å². The highest BCUT2D eigenvalue weighted by molar-refractivity contribution is 5.95. The zero-order valence-electron chi connectivity index (χ0n) is 14.5. The monoisotopic (exact) mass is 403 g/mol. The van der Waals surface area contributed by atoms with E-state index in [0.717, 1.165) is 24.4 Å². The second kappa shape index (κ2) is 7.97. The number of hydrogen-bond donors (Lipinski definition) is 1. The highest BCUT2D eigenvalue weighted by Gasteiger charge is 2.30. The van der Waals surface area contributed by atoms with Gasteiger partial charge in [-0.3, -0.25) is 14.9 Å². The summed E-state index contributed by atoms with van der Waals surface area (Å²) in [4.78, 5) is 22.1. The van der Waals surface area contributed by atoms with E-state index < -0.39 is 22.6 Å². The summed E-state index contributed by atoms with van der Waals surface area (Å²) in [5.74, 6) is -0.283. The van der Waals surface area contributed by atoms with Crippen LogP contribution >= 0.6 is 0 Å². The van der Waals surface area contributed by atoms with E-state index in [1.54, 1.807) is 0 Å². The van der Waals surface area contributed by atoms with Gasteiger partial charge in [-0.1, -0.05) is 18.2 Å². The summed E-state index contributed by atoms with van der Waals surface area (Å²) in [6, 6.07) is 12.7. The quantitative estimate of drug-likeness (QED) is 0.381. The van der Waals surface area contributed by atoms with Crippen molar-refractivity contribution in [3.05, 3.63) is 87.7 Å². The first kappa shape index (κ1) is 19.8. The van der Waals surface area contributed by atoms with Crippen molar-refractivity contribution in [3.8, 4) is 11.3 Å². The number of furan rings is 1. The number of alkyl halides is 3. The van der Waals surface area contributed by atoms with Crippen LogP contribution in [0, 0.1) is 10.1 Å². The molecule has 29 heavy (non-hydrogen) atoms. The standard InChI is InChI=1S/C19H12F3N3O4/c20-19(21,22)14-5-1-3-12(9-14)17-8-7-16(29-17)11-23-24-18(26)13-4-2-6-15(10-13)25(27)28/h1-11H,(H,24,26). The van der Waals surface area contributed by atoms with Crippen LogP contribution in [0.15, 0.2) is 70.2 Å². The molecule has 1 heterocycles. The Morgan fingerprint density at radius 1 is 1.10 bits per heavy atom. The van der Waals surface area contributed by atoms with Crippen LogP contribution in [0.25, 0.3) is 11.3 Å². The van der Waals surface area contributed by atoms with E-state index in [1.165, 1.54) is 42.5 Å². The Morgan fingerprint density at radius 3 is 2.59 bits per heavy atom. The summed E-state index contributed by atoms with van der Waals surface area (Å²) < 4.78 is 43.9. The second-order valence-corrected chi connectivity index (χ2v) is 5.79. The van der Waals surface area contributed by atoms with Gasteiger partial charge in [0.05, 0.1) is 16.7 Å². The minimum Gasteiger partial charge on any atom is -0.455 e. The summed E-state index contributed by atoms with van der Waals surface area (Å²) >= 11 is 0. The number of rotatable bonds is 5. The van der Waals surface area contributed by atoms with Gasteiger partial charge in [0.15, 0.2) is 0 Å². The number of nitrogens with zero attached hydrogens (tertiary/aromatic N) is 2. The third-order valence-corrected chi connectivity index (χ3v) is 3.78. The zero-order chi connectivity index (χ0) is 21.0. The van der Waals surface area contributed by atoms with E-state index in [9.17, 15) is 28.1 Å². The normalized spacial score (nSPS) is 11.6.